The van der Waals surface area contributed by atoms with Gasteiger partial charge in [0.1, 0.15) is 5.82 Å². The average Bonchev–Trinajstić information content (AvgIpc) is 3.28. The van der Waals surface area contributed by atoms with Crippen LogP contribution < -0.4 is 5.56 Å². The summed E-state index contributed by atoms with van der Waals surface area (Å²) in [6, 6.07) is 17.3. The minimum Gasteiger partial charge on any atom is -0.309 e. The molecule has 4 aromatic rings. The van der Waals surface area contributed by atoms with Gasteiger partial charge < -0.3 is 4.98 Å². The van der Waals surface area contributed by atoms with E-state index in [1.54, 1.807) is 10.9 Å². The molecule has 160 valence electrons. The Balaban J connectivity index is 1.24. The maximum absolute atomic E-state index is 12.3. The predicted octanol–water partition coefficient (Wildman–Crippen LogP) is 3.27. The van der Waals surface area contributed by atoms with E-state index in [1.165, 1.54) is 0 Å². The Morgan fingerprint density at radius 1 is 1.00 bits per heavy atom. The normalized spacial score (nSPS) is 11.4. The summed E-state index contributed by atoms with van der Waals surface area (Å²) in [5, 5.41) is 13.4. The van der Waals surface area contributed by atoms with E-state index in [4.69, 9.17) is 0 Å². The van der Waals surface area contributed by atoms with Crippen molar-refractivity contribution in [2.24, 2.45) is 0 Å². The van der Waals surface area contributed by atoms with Crippen LogP contribution in [0.25, 0.3) is 22.3 Å². The molecule has 8 heteroatoms. The quantitative estimate of drug-likeness (QED) is 0.398. The lowest BCUT2D eigenvalue weighted by Gasteiger charge is -2.19. The molecule has 0 atom stereocenters. The van der Waals surface area contributed by atoms with Crippen LogP contribution in [0.4, 0.5) is 0 Å². The van der Waals surface area contributed by atoms with Crippen LogP contribution in [-0.2, 0) is 13.1 Å². The van der Waals surface area contributed by atoms with Crippen molar-refractivity contribution in [1.82, 2.24) is 35.1 Å². The number of hydrogen-bond donors (Lipinski definition) is 1. The fraction of sp³-hybridized carbons (Fsp3) is 0.348. The summed E-state index contributed by atoms with van der Waals surface area (Å²) in [4.78, 5) is 23.8. The lowest BCUT2D eigenvalue weighted by molar-refractivity contribution is 0.265. The molecule has 0 fully saturated rings. The summed E-state index contributed by atoms with van der Waals surface area (Å²) in [6.07, 6.45) is 3.12. The number of aryl methyl sites for hydroxylation is 1. The minimum atomic E-state index is -0.0770. The molecular formula is C23H27N7O. The Labute approximate surface area is 180 Å². The molecule has 0 aliphatic rings. The van der Waals surface area contributed by atoms with Gasteiger partial charge in [0.15, 0.2) is 0 Å². The SMILES string of the molecule is CCN(CCCCCn1nnc(-c2ccccc2)n1)Cc1nc2ccccc2c(=O)[nH]1. The van der Waals surface area contributed by atoms with E-state index < -0.39 is 0 Å². The number of benzene rings is 2. The zero-order chi connectivity index (χ0) is 21.5. The van der Waals surface area contributed by atoms with E-state index in [2.05, 4.69) is 37.2 Å². The maximum atomic E-state index is 12.3. The molecule has 0 spiro atoms. The number of para-hydroxylation sites is 1. The van der Waals surface area contributed by atoms with Crippen molar-refractivity contribution in [2.75, 3.05) is 13.1 Å². The van der Waals surface area contributed by atoms with Crippen LogP contribution in [0, 0.1) is 0 Å². The van der Waals surface area contributed by atoms with Crippen molar-refractivity contribution >= 4 is 10.9 Å². The summed E-state index contributed by atoms with van der Waals surface area (Å²) in [5.41, 5.74) is 1.65. The molecule has 1 N–H and O–H groups in total. The smallest absolute Gasteiger partial charge is 0.258 e. The second-order valence-electron chi connectivity index (χ2n) is 7.53. The van der Waals surface area contributed by atoms with Gasteiger partial charge in [-0.3, -0.25) is 9.69 Å². The van der Waals surface area contributed by atoms with E-state index in [1.807, 2.05) is 48.5 Å². The predicted molar refractivity (Wildman–Crippen MR) is 120 cm³/mol. The van der Waals surface area contributed by atoms with E-state index >= 15 is 0 Å². The second kappa shape index (κ2) is 10.1. The van der Waals surface area contributed by atoms with Crippen LogP contribution >= 0.6 is 0 Å². The van der Waals surface area contributed by atoms with Crippen molar-refractivity contribution in [3.8, 4) is 11.4 Å². The summed E-state index contributed by atoms with van der Waals surface area (Å²) in [7, 11) is 0. The molecule has 0 aliphatic heterocycles. The van der Waals surface area contributed by atoms with Crippen LogP contribution in [0.3, 0.4) is 0 Å². The first kappa shape index (κ1) is 20.9. The summed E-state index contributed by atoms with van der Waals surface area (Å²) in [5.74, 6) is 1.38. The first-order valence-corrected chi connectivity index (χ1v) is 10.8. The number of unbranched alkanes of at least 4 members (excludes halogenated alkanes) is 2. The summed E-state index contributed by atoms with van der Waals surface area (Å²) >= 11 is 0. The van der Waals surface area contributed by atoms with Crippen molar-refractivity contribution in [3.05, 3.63) is 70.8 Å². The molecule has 2 aromatic carbocycles. The molecule has 0 aliphatic carbocycles. The fourth-order valence-corrected chi connectivity index (χ4v) is 3.58. The number of fused-ring (bicyclic) bond motifs is 1. The number of nitrogens with zero attached hydrogens (tertiary/aromatic N) is 6. The first-order chi connectivity index (χ1) is 15.2. The number of nitrogens with one attached hydrogen (secondary N) is 1. The maximum Gasteiger partial charge on any atom is 0.258 e. The van der Waals surface area contributed by atoms with Gasteiger partial charge in [0.25, 0.3) is 5.56 Å². The van der Waals surface area contributed by atoms with E-state index in [0.29, 0.717) is 23.6 Å². The van der Waals surface area contributed by atoms with Gasteiger partial charge in [-0.15, -0.1) is 10.2 Å². The van der Waals surface area contributed by atoms with Crippen LogP contribution in [0.5, 0.6) is 0 Å². The third-order valence-electron chi connectivity index (χ3n) is 5.30. The first-order valence-electron chi connectivity index (χ1n) is 10.8. The number of rotatable bonds is 10. The zero-order valence-electron chi connectivity index (χ0n) is 17.7. The van der Waals surface area contributed by atoms with Crippen molar-refractivity contribution < 1.29 is 0 Å². The number of hydrogen-bond acceptors (Lipinski definition) is 6. The summed E-state index contributed by atoms with van der Waals surface area (Å²) in [6.45, 7) is 5.38. The van der Waals surface area contributed by atoms with Gasteiger partial charge in [0.2, 0.25) is 5.82 Å². The van der Waals surface area contributed by atoms with Crippen molar-refractivity contribution in [2.45, 2.75) is 39.3 Å². The van der Waals surface area contributed by atoms with Gasteiger partial charge in [-0.25, -0.2) is 4.98 Å². The Morgan fingerprint density at radius 2 is 1.81 bits per heavy atom. The monoisotopic (exact) mass is 417 g/mol. The van der Waals surface area contributed by atoms with Crippen molar-refractivity contribution in [3.63, 3.8) is 0 Å². The van der Waals surface area contributed by atoms with Crippen LogP contribution in [0.1, 0.15) is 32.0 Å². The van der Waals surface area contributed by atoms with Gasteiger partial charge in [0, 0.05) is 5.56 Å². The molecule has 8 nitrogen and oxygen atoms in total. The Kier molecular flexibility index (Phi) is 6.78. The average molecular weight is 418 g/mol. The van der Waals surface area contributed by atoms with Gasteiger partial charge in [-0.2, -0.15) is 4.80 Å². The largest absolute Gasteiger partial charge is 0.309 e. The molecule has 4 rings (SSSR count). The van der Waals surface area contributed by atoms with E-state index in [-0.39, 0.29) is 5.56 Å². The molecule has 0 bridgehead atoms. The highest BCUT2D eigenvalue weighted by Gasteiger charge is 2.09. The minimum absolute atomic E-state index is 0.0770. The lowest BCUT2D eigenvalue weighted by atomic mass is 10.2. The molecule has 0 unspecified atom stereocenters. The van der Waals surface area contributed by atoms with Gasteiger partial charge in [0.05, 0.1) is 24.0 Å². The second-order valence-corrected chi connectivity index (χ2v) is 7.53. The number of H-pyrrole nitrogens is 1. The standard InChI is InChI=1S/C23H27N7O/c1-2-29(17-21-24-20-14-8-7-13-19(20)23(31)25-21)15-9-4-10-16-30-27-22(26-28-30)18-11-5-3-6-12-18/h3,5-8,11-14H,2,4,9-10,15-17H2,1H3,(H,24,25,31). The van der Waals surface area contributed by atoms with E-state index in [0.717, 1.165) is 50.0 Å². The van der Waals surface area contributed by atoms with Crippen LogP contribution in [0.15, 0.2) is 59.4 Å². The molecule has 2 heterocycles. The lowest BCUT2D eigenvalue weighted by Crippen LogP contribution is -2.26. The fourth-order valence-electron chi connectivity index (χ4n) is 3.58. The molecular weight excluding hydrogens is 390 g/mol. The highest BCUT2D eigenvalue weighted by molar-refractivity contribution is 5.77. The molecule has 0 saturated carbocycles. The van der Waals surface area contributed by atoms with E-state index in [9.17, 15) is 4.79 Å². The molecule has 0 amide bonds. The van der Waals surface area contributed by atoms with Gasteiger partial charge in [-0.05, 0) is 43.3 Å². The third kappa shape index (κ3) is 5.40. The zero-order valence-corrected chi connectivity index (χ0v) is 17.7. The van der Waals surface area contributed by atoms with Gasteiger partial charge >= 0.3 is 0 Å². The van der Waals surface area contributed by atoms with Crippen LogP contribution in [0.2, 0.25) is 0 Å². The Bertz CT molecular complexity index is 1170. The molecule has 2 aromatic heterocycles. The van der Waals surface area contributed by atoms with Gasteiger partial charge in [-0.1, -0.05) is 55.8 Å². The third-order valence-corrected chi connectivity index (χ3v) is 5.30. The Hall–Kier alpha value is -3.39. The summed E-state index contributed by atoms with van der Waals surface area (Å²) < 4.78 is 0. The number of tetrazole rings is 1. The van der Waals surface area contributed by atoms with Crippen molar-refractivity contribution in [1.29, 1.82) is 0 Å². The number of aromatic amines is 1. The van der Waals surface area contributed by atoms with Crippen LogP contribution in [-0.4, -0.2) is 48.2 Å². The highest BCUT2D eigenvalue weighted by atomic mass is 16.1. The molecule has 0 saturated heterocycles. The topological polar surface area (TPSA) is 92.6 Å². The molecule has 0 radical (unpaired) electrons. The number of aromatic nitrogens is 6. The highest BCUT2D eigenvalue weighted by Crippen LogP contribution is 2.12. The molecule has 31 heavy (non-hydrogen) atoms. The Morgan fingerprint density at radius 3 is 2.65 bits per heavy atom.